The molecule has 2 aromatic heterocycles. The first-order valence-electron chi connectivity index (χ1n) is 8.98. The standard InChI is InChI=1S/C20H14Cl2N6O3/c21-16-6-1-12(9-17(16)22)23-19(30)10-13-11-28(26-25-13)15-4-2-14(3-5-15)27-8-7-18(29)24-20(27)31/h1-9,11H,10H2,(H,23,30)(H,24,29,31). The fourth-order valence-corrected chi connectivity index (χ4v) is 3.13. The van der Waals surface area contributed by atoms with Crippen LogP contribution < -0.4 is 16.6 Å². The number of rotatable bonds is 5. The number of H-pyrrole nitrogens is 1. The average molecular weight is 457 g/mol. The molecule has 0 unspecified atom stereocenters. The van der Waals surface area contributed by atoms with Gasteiger partial charge in [-0.15, -0.1) is 5.10 Å². The number of carbonyl (C=O) groups is 1. The Morgan fingerprint density at radius 1 is 1.00 bits per heavy atom. The van der Waals surface area contributed by atoms with Crippen molar-refractivity contribution in [2.75, 3.05) is 5.32 Å². The lowest BCUT2D eigenvalue weighted by atomic mass is 10.2. The molecule has 0 fully saturated rings. The zero-order valence-corrected chi connectivity index (χ0v) is 17.3. The summed E-state index contributed by atoms with van der Waals surface area (Å²) < 4.78 is 2.83. The highest BCUT2D eigenvalue weighted by Gasteiger charge is 2.10. The lowest BCUT2D eigenvalue weighted by Crippen LogP contribution is -2.27. The highest BCUT2D eigenvalue weighted by Crippen LogP contribution is 2.25. The van der Waals surface area contributed by atoms with Gasteiger partial charge < -0.3 is 5.32 Å². The number of nitrogens with zero attached hydrogens (tertiary/aromatic N) is 4. The second-order valence-electron chi connectivity index (χ2n) is 6.50. The van der Waals surface area contributed by atoms with Crippen molar-refractivity contribution in [3.05, 3.63) is 97.5 Å². The Bertz CT molecular complexity index is 1370. The summed E-state index contributed by atoms with van der Waals surface area (Å²) >= 11 is 11.8. The Hall–Kier alpha value is -3.69. The summed E-state index contributed by atoms with van der Waals surface area (Å²) in [6.07, 6.45) is 3.05. The zero-order chi connectivity index (χ0) is 22.0. The maximum absolute atomic E-state index is 12.3. The molecule has 0 radical (unpaired) electrons. The molecule has 1 amide bonds. The molecule has 0 atom stereocenters. The third-order valence-electron chi connectivity index (χ3n) is 4.30. The van der Waals surface area contributed by atoms with Crippen molar-refractivity contribution in [3.8, 4) is 11.4 Å². The molecule has 0 saturated heterocycles. The van der Waals surface area contributed by atoms with Crippen LogP contribution in [-0.4, -0.2) is 30.5 Å². The van der Waals surface area contributed by atoms with E-state index in [1.54, 1.807) is 48.7 Å². The summed E-state index contributed by atoms with van der Waals surface area (Å²) in [6.45, 7) is 0. The van der Waals surface area contributed by atoms with Crippen LogP contribution in [0, 0.1) is 0 Å². The lowest BCUT2D eigenvalue weighted by Gasteiger charge is -2.06. The van der Waals surface area contributed by atoms with Gasteiger partial charge in [0.25, 0.3) is 5.56 Å². The number of halogens is 2. The predicted octanol–water partition coefficient (Wildman–Crippen LogP) is 2.59. The first-order chi connectivity index (χ1) is 14.9. The molecule has 4 rings (SSSR count). The molecule has 0 aliphatic carbocycles. The summed E-state index contributed by atoms with van der Waals surface area (Å²) in [5, 5.41) is 11.5. The van der Waals surface area contributed by atoms with Gasteiger partial charge in [-0.3, -0.25) is 19.1 Å². The van der Waals surface area contributed by atoms with E-state index >= 15 is 0 Å². The summed E-state index contributed by atoms with van der Waals surface area (Å²) in [6, 6.07) is 13.0. The lowest BCUT2D eigenvalue weighted by molar-refractivity contribution is -0.115. The van der Waals surface area contributed by atoms with Crippen molar-refractivity contribution < 1.29 is 4.79 Å². The van der Waals surface area contributed by atoms with Crippen LogP contribution in [0.1, 0.15) is 5.69 Å². The summed E-state index contributed by atoms with van der Waals surface area (Å²) in [4.78, 5) is 37.6. The number of benzene rings is 2. The maximum atomic E-state index is 12.3. The summed E-state index contributed by atoms with van der Waals surface area (Å²) in [5.74, 6) is -0.279. The first-order valence-corrected chi connectivity index (χ1v) is 9.73. The van der Waals surface area contributed by atoms with E-state index < -0.39 is 11.2 Å². The van der Waals surface area contributed by atoms with Gasteiger partial charge in [-0.2, -0.15) is 0 Å². The minimum Gasteiger partial charge on any atom is -0.326 e. The van der Waals surface area contributed by atoms with Gasteiger partial charge in [-0.05, 0) is 42.5 Å². The van der Waals surface area contributed by atoms with E-state index in [1.165, 1.54) is 21.5 Å². The van der Waals surface area contributed by atoms with Gasteiger partial charge in [-0.1, -0.05) is 28.4 Å². The smallest absolute Gasteiger partial charge is 0.326 e. The van der Waals surface area contributed by atoms with E-state index in [1.807, 2.05) is 0 Å². The van der Waals surface area contributed by atoms with E-state index in [0.29, 0.717) is 32.8 Å². The van der Waals surface area contributed by atoms with Crippen molar-refractivity contribution >= 4 is 34.8 Å². The largest absolute Gasteiger partial charge is 0.332 e. The third kappa shape index (κ3) is 4.73. The van der Waals surface area contributed by atoms with Crippen molar-refractivity contribution in [3.63, 3.8) is 0 Å². The Labute approximate surface area is 184 Å². The van der Waals surface area contributed by atoms with Gasteiger partial charge >= 0.3 is 5.69 Å². The molecule has 0 aliphatic rings. The fourth-order valence-electron chi connectivity index (χ4n) is 2.84. The number of anilines is 1. The van der Waals surface area contributed by atoms with Crippen LogP contribution in [-0.2, 0) is 11.2 Å². The van der Waals surface area contributed by atoms with E-state index in [-0.39, 0.29) is 12.3 Å². The number of aromatic amines is 1. The van der Waals surface area contributed by atoms with Crippen LogP contribution in [0.4, 0.5) is 5.69 Å². The minimum absolute atomic E-state index is 0.0189. The van der Waals surface area contributed by atoms with Gasteiger partial charge in [0, 0.05) is 18.0 Å². The fraction of sp³-hybridized carbons (Fsp3) is 0.0500. The van der Waals surface area contributed by atoms with Crippen molar-refractivity contribution in [2.24, 2.45) is 0 Å². The van der Waals surface area contributed by atoms with E-state index in [0.717, 1.165) is 0 Å². The number of nitrogens with one attached hydrogen (secondary N) is 2. The topological polar surface area (TPSA) is 115 Å². The molecular formula is C20H14Cl2N6O3. The van der Waals surface area contributed by atoms with E-state index in [4.69, 9.17) is 23.2 Å². The van der Waals surface area contributed by atoms with Gasteiger partial charge in [0.15, 0.2) is 0 Å². The molecule has 4 aromatic rings. The molecule has 0 saturated carbocycles. The zero-order valence-electron chi connectivity index (χ0n) is 15.8. The third-order valence-corrected chi connectivity index (χ3v) is 5.04. The quantitative estimate of drug-likeness (QED) is 0.478. The van der Waals surface area contributed by atoms with Gasteiger partial charge in [-0.25, -0.2) is 9.48 Å². The second kappa shape index (κ2) is 8.58. The molecule has 0 bridgehead atoms. The van der Waals surface area contributed by atoms with Gasteiger partial charge in [0.2, 0.25) is 5.91 Å². The number of amides is 1. The molecule has 9 nitrogen and oxygen atoms in total. The second-order valence-corrected chi connectivity index (χ2v) is 7.32. The highest BCUT2D eigenvalue weighted by molar-refractivity contribution is 6.42. The molecule has 0 spiro atoms. The number of hydrogen-bond acceptors (Lipinski definition) is 5. The van der Waals surface area contributed by atoms with Crippen LogP contribution in [0.25, 0.3) is 11.4 Å². The van der Waals surface area contributed by atoms with E-state index in [9.17, 15) is 14.4 Å². The molecule has 2 N–H and O–H groups in total. The Kier molecular flexibility index (Phi) is 5.70. The molecule has 2 aromatic carbocycles. The first kappa shape index (κ1) is 20.6. The number of carbonyl (C=O) groups excluding carboxylic acids is 1. The molecule has 2 heterocycles. The Morgan fingerprint density at radius 3 is 2.45 bits per heavy atom. The molecule has 11 heteroatoms. The molecule has 0 aliphatic heterocycles. The average Bonchev–Trinajstić information content (AvgIpc) is 3.19. The van der Waals surface area contributed by atoms with Crippen LogP contribution in [0.5, 0.6) is 0 Å². The number of hydrogen-bond donors (Lipinski definition) is 2. The van der Waals surface area contributed by atoms with Gasteiger partial charge in [0.1, 0.15) is 0 Å². The van der Waals surface area contributed by atoms with Crippen molar-refractivity contribution in [2.45, 2.75) is 6.42 Å². The number of aromatic nitrogens is 5. The monoisotopic (exact) mass is 456 g/mol. The molecule has 31 heavy (non-hydrogen) atoms. The Morgan fingerprint density at radius 2 is 1.74 bits per heavy atom. The van der Waals surface area contributed by atoms with Crippen LogP contribution >= 0.6 is 23.2 Å². The SMILES string of the molecule is O=C(Cc1cn(-c2ccc(-n3ccc(=O)[nH]c3=O)cc2)nn1)Nc1ccc(Cl)c(Cl)c1. The highest BCUT2D eigenvalue weighted by atomic mass is 35.5. The summed E-state index contributed by atoms with van der Waals surface area (Å²) in [7, 11) is 0. The summed E-state index contributed by atoms with van der Waals surface area (Å²) in [5.41, 5.74) is 1.27. The van der Waals surface area contributed by atoms with E-state index in [2.05, 4.69) is 20.6 Å². The minimum atomic E-state index is -0.531. The maximum Gasteiger partial charge on any atom is 0.332 e. The molecule has 156 valence electrons. The normalized spacial score (nSPS) is 10.8. The van der Waals surface area contributed by atoms with Crippen molar-refractivity contribution in [1.29, 1.82) is 0 Å². The predicted molar refractivity (Wildman–Crippen MR) is 116 cm³/mol. The van der Waals surface area contributed by atoms with Crippen LogP contribution in [0.3, 0.4) is 0 Å². The molecular weight excluding hydrogens is 443 g/mol. The Balaban J connectivity index is 1.45. The van der Waals surface area contributed by atoms with Gasteiger partial charge in [0.05, 0.1) is 39.7 Å². The van der Waals surface area contributed by atoms with Crippen molar-refractivity contribution in [1.82, 2.24) is 24.5 Å². The van der Waals surface area contributed by atoms with Crippen LogP contribution in [0.2, 0.25) is 10.0 Å². The van der Waals surface area contributed by atoms with Crippen LogP contribution in [0.15, 0.2) is 70.5 Å².